The van der Waals surface area contributed by atoms with E-state index in [0.717, 1.165) is 23.1 Å². The largest absolute Gasteiger partial charge is 0.480 e. The minimum absolute atomic E-state index is 0.0577. The summed E-state index contributed by atoms with van der Waals surface area (Å²) in [5, 5.41) is 9.32. The smallest absolute Gasteiger partial charge is 0.416 e. The number of rotatable bonds is 6. The van der Waals surface area contributed by atoms with Crippen LogP contribution in [-0.2, 0) is 15.8 Å². The fourth-order valence-electron chi connectivity index (χ4n) is 2.53. The maximum atomic E-state index is 12.7. The topological polar surface area (TPSA) is 66.8 Å². The molecule has 1 N–H and O–H groups in total. The van der Waals surface area contributed by atoms with E-state index in [0.29, 0.717) is 0 Å². The van der Waals surface area contributed by atoms with Gasteiger partial charge in [-0.05, 0) is 30.5 Å². The Kier molecular flexibility index (Phi) is 5.39. The van der Waals surface area contributed by atoms with Gasteiger partial charge < -0.3 is 14.7 Å². The van der Waals surface area contributed by atoms with Crippen molar-refractivity contribution in [3.05, 3.63) is 41.7 Å². The molecule has 1 aromatic rings. The van der Waals surface area contributed by atoms with E-state index in [9.17, 15) is 27.9 Å². The number of ether oxygens (including phenoxy) is 1. The van der Waals surface area contributed by atoms with Crippen molar-refractivity contribution in [1.82, 2.24) is 4.90 Å². The Balaban J connectivity index is 2.12. The molecular weight excluding hydrogens is 339 g/mol. The van der Waals surface area contributed by atoms with Crippen LogP contribution in [0.5, 0.6) is 5.75 Å². The molecule has 0 saturated heterocycles. The lowest BCUT2D eigenvalue weighted by molar-refractivity contribution is -0.148. The molecule has 1 aromatic carbocycles. The van der Waals surface area contributed by atoms with E-state index in [-0.39, 0.29) is 30.4 Å². The Hall–Kier alpha value is -2.51. The molecule has 0 radical (unpaired) electrons. The van der Waals surface area contributed by atoms with Crippen LogP contribution in [0.15, 0.2) is 36.1 Å². The number of carbonyl (C=O) groups excluding carboxylic acids is 1. The lowest BCUT2D eigenvalue weighted by Gasteiger charge is -2.25. The van der Waals surface area contributed by atoms with Crippen LogP contribution in [0.3, 0.4) is 0 Å². The molecule has 136 valence electrons. The quantitative estimate of drug-likeness (QED) is 0.848. The number of alkyl halides is 3. The first kappa shape index (κ1) is 18.8. The first-order valence-corrected chi connectivity index (χ1v) is 7.67. The maximum absolute atomic E-state index is 12.7. The van der Waals surface area contributed by atoms with Gasteiger partial charge in [0.2, 0.25) is 0 Å². The monoisotopic (exact) mass is 357 g/mol. The Bertz CT molecular complexity index is 697. The number of benzene rings is 1. The zero-order valence-electron chi connectivity index (χ0n) is 13.7. The summed E-state index contributed by atoms with van der Waals surface area (Å²) in [6.45, 7) is 3.58. The summed E-state index contributed by atoms with van der Waals surface area (Å²) in [5.74, 6) is -1.56. The minimum Gasteiger partial charge on any atom is -0.480 e. The van der Waals surface area contributed by atoms with Crippen LogP contribution < -0.4 is 4.74 Å². The van der Waals surface area contributed by atoms with Crippen LogP contribution in [0.2, 0.25) is 0 Å². The Morgan fingerprint density at radius 3 is 2.60 bits per heavy atom. The highest BCUT2D eigenvalue weighted by molar-refractivity contribution is 5.94. The summed E-state index contributed by atoms with van der Waals surface area (Å²) in [5.41, 5.74) is -0.866. The number of halogens is 3. The molecule has 1 amide bonds. The number of hydrogen-bond acceptors (Lipinski definition) is 3. The van der Waals surface area contributed by atoms with Gasteiger partial charge in [0, 0.05) is 6.08 Å². The van der Waals surface area contributed by atoms with Crippen LogP contribution in [0, 0.1) is 5.92 Å². The van der Waals surface area contributed by atoms with Crippen LogP contribution in [0.25, 0.3) is 0 Å². The van der Waals surface area contributed by atoms with Gasteiger partial charge in [0.15, 0.2) is 0 Å². The van der Waals surface area contributed by atoms with Gasteiger partial charge in [-0.25, -0.2) is 4.79 Å². The molecule has 0 spiro atoms. The molecule has 0 bridgehead atoms. The van der Waals surface area contributed by atoms with Crippen molar-refractivity contribution >= 4 is 11.9 Å². The lowest BCUT2D eigenvalue weighted by Crippen LogP contribution is -2.43. The molecule has 1 aliphatic heterocycles. The Morgan fingerprint density at radius 2 is 2.04 bits per heavy atom. The molecule has 0 saturated carbocycles. The number of amides is 1. The van der Waals surface area contributed by atoms with E-state index in [1.807, 2.05) is 13.8 Å². The predicted molar refractivity (Wildman–Crippen MR) is 82.7 cm³/mol. The zero-order valence-corrected chi connectivity index (χ0v) is 13.7. The molecule has 2 rings (SSSR count). The number of carboxylic acids is 1. The summed E-state index contributed by atoms with van der Waals surface area (Å²) in [4.78, 5) is 24.6. The average molecular weight is 357 g/mol. The van der Waals surface area contributed by atoms with E-state index >= 15 is 0 Å². The van der Waals surface area contributed by atoms with Crippen molar-refractivity contribution in [2.75, 3.05) is 6.54 Å². The van der Waals surface area contributed by atoms with E-state index < -0.39 is 29.7 Å². The SMILES string of the molecule is CC(C)CC(C(=O)O)N1CC(Oc2cccc(C(F)(F)F)c2)=CC1=O. The van der Waals surface area contributed by atoms with E-state index in [4.69, 9.17) is 4.74 Å². The Morgan fingerprint density at radius 1 is 1.36 bits per heavy atom. The summed E-state index contributed by atoms with van der Waals surface area (Å²) in [6.07, 6.45) is -3.13. The first-order chi connectivity index (χ1) is 11.6. The molecule has 0 aliphatic carbocycles. The van der Waals surface area contributed by atoms with Gasteiger partial charge in [0.25, 0.3) is 5.91 Å². The highest BCUT2D eigenvalue weighted by Crippen LogP contribution is 2.32. The number of aliphatic carboxylic acids is 1. The predicted octanol–water partition coefficient (Wildman–Crippen LogP) is 3.31. The summed E-state index contributed by atoms with van der Waals surface area (Å²) < 4.78 is 43.5. The standard InChI is InChI=1S/C17H18F3NO4/c1-10(2)6-14(16(23)24)21-9-13(8-15(21)22)25-12-5-3-4-11(7-12)17(18,19)20/h3-5,7-8,10,14H,6,9H2,1-2H3,(H,23,24). The fraction of sp³-hybridized carbons (Fsp3) is 0.412. The van der Waals surface area contributed by atoms with Gasteiger partial charge in [-0.2, -0.15) is 13.2 Å². The molecule has 1 atom stereocenters. The molecular formula is C17H18F3NO4. The third-order valence-electron chi connectivity index (χ3n) is 3.66. The lowest BCUT2D eigenvalue weighted by atomic mass is 10.0. The second-order valence-corrected chi connectivity index (χ2v) is 6.19. The number of hydrogen-bond donors (Lipinski definition) is 1. The minimum atomic E-state index is -4.50. The van der Waals surface area contributed by atoms with Crippen molar-refractivity contribution in [3.8, 4) is 5.75 Å². The van der Waals surface area contributed by atoms with Gasteiger partial charge >= 0.3 is 12.1 Å². The average Bonchev–Trinajstić information content (AvgIpc) is 2.84. The second-order valence-electron chi connectivity index (χ2n) is 6.19. The molecule has 1 unspecified atom stereocenters. The van der Waals surface area contributed by atoms with Crippen molar-refractivity contribution < 1.29 is 32.6 Å². The normalized spacial score (nSPS) is 16.2. The Labute approximate surface area is 142 Å². The number of carboxylic acid groups (broad SMARTS) is 1. The highest BCUT2D eigenvalue weighted by atomic mass is 19.4. The third kappa shape index (κ3) is 4.74. The van der Waals surface area contributed by atoms with Crippen molar-refractivity contribution in [2.24, 2.45) is 5.92 Å². The fourth-order valence-corrected chi connectivity index (χ4v) is 2.53. The van der Waals surface area contributed by atoms with Crippen molar-refractivity contribution in [2.45, 2.75) is 32.5 Å². The number of carbonyl (C=O) groups is 2. The molecule has 0 fully saturated rings. The van der Waals surface area contributed by atoms with Crippen molar-refractivity contribution in [1.29, 1.82) is 0 Å². The number of nitrogens with zero attached hydrogens (tertiary/aromatic N) is 1. The second kappa shape index (κ2) is 7.16. The zero-order chi connectivity index (χ0) is 18.8. The van der Waals surface area contributed by atoms with Gasteiger partial charge in [0.1, 0.15) is 17.6 Å². The highest BCUT2D eigenvalue weighted by Gasteiger charge is 2.35. The van der Waals surface area contributed by atoms with Crippen LogP contribution in [0.1, 0.15) is 25.8 Å². The first-order valence-electron chi connectivity index (χ1n) is 7.67. The van der Waals surface area contributed by atoms with E-state index in [1.54, 1.807) is 0 Å². The molecule has 25 heavy (non-hydrogen) atoms. The van der Waals surface area contributed by atoms with Crippen LogP contribution in [-0.4, -0.2) is 34.5 Å². The molecule has 5 nitrogen and oxygen atoms in total. The molecule has 1 aliphatic rings. The third-order valence-corrected chi connectivity index (χ3v) is 3.66. The van der Waals surface area contributed by atoms with Gasteiger partial charge in [-0.15, -0.1) is 0 Å². The van der Waals surface area contributed by atoms with Crippen molar-refractivity contribution in [3.63, 3.8) is 0 Å². The summed E-state index contributed by atoms with van der Waals surface area (Å²) in [6, 6.07) is 3.28. The van der Waals surface area contributed by atoms with Crippen LogP contribution >= 0.6 is 0 Å². The van der Waals surface area contributed by atoms with Crippen LogP contribution in [0.4, 0.5) is 13.2 Å². The van der Waals surface area contributed by atoms with E-state index in [2.05, 4.69) is 0 Å². The molecule has 8 heteroatoms. The van der Waals surface area contributed by atoms with E-state index in [1.165, 1.54) is 12.1 Å². The molecule has 0 aromatic heterocycles. The van der Waals surface area contributed by atoms with Gasteiger partial charge in [0.05, 0.1) is 12.1 Å². The maximum Gasteiger partial charge on any atom is 0.416 e. The molecule has 1 heterocycles. The van der Waals surface area contributed by atoms with Gasteiger partial charge in [-0.3, -0.25) is 4.79 Å². The summed E-state index contributed by atoms with van der Waals surface area (Å²) >= 11 is 0. The summed E-state index contributed by atoms with van der Waals surface area (Å²) in [7, 11) is 0. The van der Waals surface area contributed by atoms with Gasteiger partial charge in [-0.1, -0.05) is 19.9 Å².